The second-order valence-electron chi connectivity index (χ2n) is 8.53. The number of anilines is 1. The molecular formula is C22H31N5. The van der Waals surface area contributed by atoms with E-state index in [0.717, 1.165) is 43.7 Å². The number of fused-ring (bicyclic) bond motifs is 1. The van der Waals surface area contributed by atoms with Crippen molar-refractivity contribution in [1.82, 2.24) is 19.5 Å². The Labute approximate surface area is 162 Å². The van der Waals surface area contributed by atoms with Gasteiger partial charge >= 0.3 is 0 Å². The second-order valence-corrected chi connectivity index (χ2v) is 8.53. The van der Waals surface area contributed by atoms with Crippen molar-refractivity contribution in [2.75, 3.05) is 5.73 Å². The molecule has 0 bridgehead atoms. The Bertz CT molecular complexity index is 887. The lowest BCUT2D eigenvalue weighted by Crippen LogP contribution is -2.07. The maximum Gasteiger partial charge on any atom is 0.165 e. The van der Waals surface area contributed by atoms with E-state index in [1.807, 2.05) is 0 Å². The summed E-state index contributed by atoms with van der Waals surface area (Å²) in [6, 6.07) is 8.93. The Morgan fingerprint density at radius 3 is 2.37 bits per heavy atom. The van der Waals surface area contributed by atoms with Gasteiger partial charge in [0.15, 0.2) is 17.0 Å². The van der Waals surface area contributed by atoms with Crippen molar-refractivity contribution >= 4 is 17.0 Å². The topological polar surface area (TPSA) is 69.6 Å². The molecule has 2 aromatic heterocycles. The lowest BCUT2D eigenvalue weighted by molar-refractivity contribution is 0.378. The van der Waals surface area contributed by atoms with E-state index in [9.17, 15) is 0 Å². The molecule has 0 aliphatic carbocycles. The number of imidazole rings is 1. The summed E-state index contributed by atoms with van der Waals surface area (Å²) >= 11 is 0. The van der Waals surface area contributed by atoms with Gasteiger partial charge in [0, 0.05) is 6.42 Å². The van der Waals surface area contributed by atoms with Gasteiger partial charge in [-0.05, 0) is 35.8 Å². The number of unbranched alkanes of at least 4 members (excludes halogenated alkanes) is 1. The van der Waals surface area contributed by atoms with Crippen LogP contribution in [0.5, 0.6) is 0 Å². The van der Waals surface area contributed by atoms with E-state index in [1.165, 1.54) is 23.9 Å². The molecule has 5 nitrogen and oxygen atoms in total. The molecule has 2 N–H and O–H groups in total. The number of aromatic nitrogens is 4. The highest BCUT2D eigenvalue weighted by atomic mass is 15.1. The van der Waals surface area contributed by atoms with Crippen LogP contribution in [0.2, 0.25) is 0 Å². The van der Waals surface area contributed by atoms with Crippen molar-refractivity contribution in [1.29, 1.82) is 0 Å². The van der Waals surface area contributed by atoms with E-state index in [4.69, 9.17) is 10.7 Å². The van der Waals surface area contributed by atoms with Crippen LogP contribution in [0.1, 0.15) is 63.9 Å². The van der Waals surface area contributed by atoms with Gasteiger partial charge in [-0.2, -0.15) is 0 Å². The van der Waals surface area contributed by atoms with Crippen LogP contribution in [-0.2, 0) is 19.4 Å². The molecule has 0 amide bonds. The monoisotopic (exact) mass is 365 g/mol. The number of nitrogens with two attached hydrogens (primary N) is 1. The maximum absolute atomic E-state index is 6.02. The van der Waals surface area contributed by atoms with Crippen LogP contribution in [0, 0.1) is 5.41 Å². The van der Waals surface area contributed by atoms with Gasteiger partial charge in [-0.1, -0.05) is 58.4 Å². The molecule has 0 aliphatic heterocycles. The van der Waals surface area contributed by atoms with E-state index in [0.29, 0.717) is 16.7 Å². The first-order chi connectivity index (χ1) is 12.9. The molecule has 0 unspecified atom stereocenters. The van der Waals surface area contributed by atoms with Gasteiger partial charge in [0.05, 0.1) is 6.54 Å². The molecule has 2 heterocycles. The average molecular weight is 366 g/mol. The molecule has 27 heavy (non-hydrogen) atoms. The van der Waals surface area contributed by atoms with Crippen LogP contribution in [0.25, 0.3) is 11.2 Å². The Morgan fingerprint density at radius 2 is 1.70 bits per heavy atom. The highest BCUT2D eigenvalue weighted by Gasteiger charge is 2.15. The lowest BCUT2D eigenvalue weighted by Gasteiger charge is -2.17. The Kier molecular flexibility index (Phi) is 5.78. The van der Waals surface area contributed by atoms with Gasteiger partial charge in [0.25, 0.3) is 0 Å². The Balaban J connectivity index is 1.84. The molecule has 5 heteroatoms. The van der Waals surface area contributed by atoms with Crippen molar-refractivity contribution in [2.24, 2.45) is 5.41 Å². The predicted molar refractivity (Wildman–Crippen MR) is 112 cm³/mol. The normalized spacial score (nSPS) is 12.0. The molecule has 144 valence electrons. The zero-order valence-corrected chi connectivity index (χ0v) is 17.0. The van der Waals surface area contributed by atoms with Gasteiger partial charge < -0.3 is 10.3 Å². The molecule has 0 fully saturated rings. The van der Waals surface area contributed by atoms with Gasteiger partial charge in [-0.15, -0.1) is 0 Å². The summed E-state index contributed by atoms with van der Waals surface area (Å²) in [7, 11) is 0. The first kappa shape index (κ1) is 19.3. The fraction of sp³-hybridized carbons (Fsp3) is 0.500. The van der Waals surface area contributed by atoms with Crippen molar-refractivity contribution < 1.29 is 0 Å². The Morgan fingerprint density at radius 1 is 1.00 bits per heavy atom. The van der Waals surface area contributed by atoms with Crippen molar-refractivity contribution in [3.8, 4) is 0 Å². The lowest BCUT2D eigenvalue weighted by atomic mass is 9.88. The first-order valence-corrected chi connectivity index (χ1v) is 9.91. The number of benzene rings is 1. The van der Waals surface area contributed by atoms with Gasteiger partial charge in [0.2, 0.25) is 0 Å². The molecule has 0 aliphatic rings. The van der Waals surface area contributed by atoms with Crippen LogP contribution >= 0.6 is 0 Å². The molecule has 1 aromatic carbocycles. The molecule has 3 rings (SSSR count). The third-order valence-electron chi connectivity index (χ3n) is 4.92. The molecule has 0 saturated carbocycles. The summed E-state index contributed by atoms with van der Waals surface area (Å²) < 4.78 is 2.19. The van der Waals surface area contributed by atoms with Crippen molar-refractivity contribution in [3.05, 3.63) is 47.5 Å². The van der Waals surface area contributed by atoms with Gasteiger partial charge in [-0.3, -0.25) is 0 Å². The van der Waals surface area contributed by atoms with E-state index < -0.39 is 0 Å². The minimum Gasteiger partial charge on any atom is -0.382 e. The zero-order chi connectivity index (χ0) is 19.4. The summed E-state index contributed by atoms with van der Waals surface area (Å²) in [4.78, 5) is 13.3. The minimum atomic E-state index is 0.363. The third-order valence-corrected chi connectivity index (χ3v) is 4.92. The zero-order valence-electron chi connectivity index (χ0n) is 17.0. The van der Waals surface area contributed by atoms with Crippen LogP contribution in [0.15, 0.2) is 30.6 Å². The predicted octanol–water partition coefficient (Wildman–Crippen LogP) is 4.78. The van der Waals surface area contributed by atoms with Crippen LogP contribution in [-0.4, -0.2) is 19.5 Å². The van der Waals surface area contributed by atoms with Gasteiger partial charge in [0.1, 0.15) is 12.2 Å². The summed E-state index contributed by atoms with van der Waals surface area (Å²) in [6.45, 7) is 9.81. The van der Waals surface area contributed by atoms with Crippen molar-refractivity contribution in [3.63, 3.8) is 0 Å². The molecule has 0 spiro atoms. The summed E-state index contributed by atoms with van der Waals surface area (Å²) in [5.74, 6) is 1.49. The average Bonchev–Trinajstić information content (AvgIpc) is 2.98. The van der Waals surface area contributed by atoms with E-state index in [2.05, 4.69) is 66.5 Å². The van der Waals surface area contributed by atoms with Crippen molar-refractivity contribution in [2.45, 2.75) is 66.3 Å². The summed E-state index contributed by atoms with van der Waals surface area (Å²) in [5, 5.41) is 0. The number of rotatable bonds is 7. The van der Waals surface area contributed by atoms with Crippen LogP contribution in [0.3, 0.4) is 0 Å². The second kappa shape index (κ2) is 8.07. The summed E-state index contributed by atoms with van der Waals surface area (Å²) in [5.41, 5.74) is 10.6. The number of nitrogen functional groups attached to an aromatic ring is 1. The minimum absolute atomic E-state index is 0.363. The summed E-state index contributed by atoms with van der Waals surface area (Å²) in [6.07, 6.45) is 6.99. The molecule has 3 aromatic rings. The molecule has 0 atom stereocenters. The molecule has 0 radical (unpaired) electrons. The number of hydrogen-bond acceptors (Lipinski definition) is 4. The highest BCUT2D eigenvalue weighted by Crippen LogP contribution is 2.23. The molecular weight excluding hydrogens is 334 g/mol. The van der Waals surface area contributed by atoms with E-state index in [1.54, 1.807) is 0 Å². The highest BCUT2D eigenvalue weighted by molar-refractivity contribution is 5.81. The fourth-order valence-electron chi connectivity index (χ4n) is 3.20. The number of nitrogens with zero attached hydrogens (tertiary/aromatic N) is 4. The first-order valence-electron chi connectivity index (χ1n) is 9.91. The largest absolute Gasteiger partial charge is 0.382 e. The van der Waals surface area contributed by atoms with Crippen LogP contribution in [0.4, 0.5) is 5.82 Å². The Hall–Kier alpha value is -2.43. The maximum atomic E-state index is 6.02. The number of hydrogen-bond donors (Lipinski definition) is 1. The number of aryl methyl sites for hydroxylation is 2. The van der Waals surface area contributed by atoms with Gasteiger partial charge in [-0.25, -0.2) is 15.0 Å². The molecule has 0 saturated heterocycles. The SMILES string of the molecule is CCCCc1nc2c(N)ncnc2n1Cc1ccc(CCC(C)(C)C)cc1. The standard InChI is InChI=1S/C22H31N5/c1-5-6-7-18-26-19-20(23)24-15-25-21(19)27(18)14-17-10-8-16(9-11-17)12-13-22(2,3)4/h8-11,15H,5-7,12-14H2,1-4H3,(H2,23,24,25). The quantitative estimate of drug-likeness (QED) is 0.654. The fourth-order valence-corrected chi connectivity index (χ4v) is 3.20. The van der Waals surface area contributed by atoms with E-state index >= 15 is 0 Å². The van der Waals surface area contributed by atoms with E-state index in [-0.39, 0.29) is 0 Å². The van der Waals surface area contributed by atoms with Crippen LogP contribution < -0.4 is 5.73 Å². The third kappa shape index (κ3) is 4.85. The smallest absolute Gasteiger partial charge is 0.165 e.